The highest BCUT2D eigenvalue weighted by molar-refractivity contribution is 6.34. The minimum Gasteiger partial charge on any atom is -0.504 e. The Kier molecular flexibility index (Phi) is 4.28. The predicted molar refractivity (Wildman–Crippen MR) is 74.0 cm³/mol. The van der Waals surface area contributed by atoms with E-state index in [1.165, 1.54) is 19.2 Å². The number of methoxy groups -OCH3 is 1. The lowest BCUT2D eigenvalue weighted by atomic mass is 10.2. The van der Waals surface area contributed by atoms with E-state index in [1.807, 2.05) is 0 Å². The van der Waals surface area contributed by atoms with E-state index in [4.69, 9.17) is 16.3 Å². The van der Waals surface area contributed by atoms with Crippen molar-refractivity contribution in [3.63, 3.8) is 0 Å². The zero-order valence-electron chi connectivity index (χ0n) is 10.8. The van der Waals surface area contributed by atoms with E-state index in [2.05, 4.69) is 5.32 Å². The number of anilines is 1. The largest absolute Gasteiger partial charge is 0.504 e. The second-order valence-electron chi connectivity index (χ2n) is 4.09. The minimum absolute atomic E-state index is 0.0630. The maximum atomic E-state index is 13.6. The van der Waals surface area contributed by atoms with Crippen LogP contribution in [0.4, 0.5) is 14.5 Å². The van der Waals surface area contributed by atoms with E-state index in [1.54, 1.807) is 0 Å². The van der Waals surface area contributed by atoms with Crippen LogP contribution in [0.2, 0.25) is 5.02 Å². The van der Waals surface area contributed by atoms with Gasteiger partial charge < -0.3 is 15.2 Å². The molecule has 2 aromatic rings. The number of benzene rings is 2. The van der Waals surface area contributed by atoms with Crippen LogP contribution in [-0.4, -0.2) is 18.1 Å². The van der Waals surface area contributed by atoms with E-state index in [0.717, 1.165) is 12.1 Å². The van der Waals surface area contributed by atoms with Gasteiger partial charge in [-0.2, -0.15) is 0 Å². The summed E-state index contributed by atoms with van der Waals surface area (Å²) in [5.41, 5.74) is -0.272. The lowest BCUT2D eigenvalue weighted by molar-refractivity contribution is 0.102. The molecule has 0 aromatic heterocycles. The molecule has 0 aliphatic carbocycles. The van der Waals surface area contributed by atoms with Crippen LogP contribution in [0.1, 0.15) is 10.4 Å². The fourth-order valence-corrected chi connectivity index (χ4v) is 1.92. The third-order valence-electron chi connectivity index (χ3n) is 2.69. The number of carbonyl (C=O) groups excluding carboxylic acids is 1. The molecule has 0 saturated heterocycles. The van der Waals surface area contributed by atoms with Crippen LogP contribution in [0.15, 0.2) is 30.3 Å². The number of phenols is 1. The first-order valence-electron chi connectivity index (χ1n) is 5.75. The summed E-state index contributed by atoms with van der Waals surface area (Å²) < 4.78 is 31.3. The molecule has 1 amide bonds. The van der Waals surface area contributed by atoms with E-state index in [9.17, 15) is 18.7 Å². The monoisotopic (exact) mass is 313 g/mol. The van der Waals surface area contributed by atoms with Crippen molar-refractivity contribution in [1.29, 1.82) is 0 Å². The van der Waals surface area contributed by atoms with Gasteiger partial charge in [0.1, 0.15) is 5.82 Å². The summed E-state index contributed by atoms with van der Waals surface area (Å²) in [7, 11) is 1.36. The Morgan fingerprint density at radius 1 is 1.29 bits per heavy atom. The molecule has 2 rings (SSSR count). The van der Waals surface area contributed by atoms with Crippen LogP contribution in [-0.2, 0) is 0 Å². The standard InChI is InChI=1S/C14H10ClF2NO3/c1-21-12-3-2-7(4-11(12)19)14(20)18-13-9(15)5-8(16)6-10(13)17/h2-6,19H,1H3,(H,18,20). The molecule has 0 bridgehead atoms. The molecular weight excluding hydrogens is 304 g/mol. The van der Waals surface area contributed by atoms with Gasteiger partial charge in [-0.05, 0) is 24.3 Å². The van der Waals surface area contributed by atoms with Crippen LogP contribution in [0.3, 0.4) is 0 Å². The summed E-state index contributed by atoms with van der Waals surface area (Å²) in [6, 6.07) is 5.40. The Balaban J connectivity index is 2.28. The number of ether oxygens (including phenoxy) is 1. The first kappa shape index (κ1) is 15.1. The van der Waals surface area contributed by atoms with Crippen molar-refractivity contribution in [2.45, 2.75) is 0 Å². The number of aromatic hydroxyl groups is 1. The molecule has 0 atom stereocenters. The van der Waals surface area contributed by atoms with Crippen molar-refractivity contribution >= 4 is 23.2 Å². The Morgan fingerprint density at radius 2 is 2.00 bits per heavy atom. The normalized spacial score (nSPS) is 10.3. The van der Waals surface area contributed by atoms with Gasteiger partial charge in [-0.25, -0.2) is 8.78 Å². The van der Waals surface area contributed by atoms with Crippen LogP contribution in [0, 0.1) is 11.6 Å². The van der Waals surface area contributed by atoms with Crippen LogP contribution < -0.4 is 10.1 Å². The maximum Gasteiger partial charge on any atom is 0.255 e. The number of nitrogens with one attached hydrogen (secondary N) is 1. The molecule has 0 heterocycles. The Bertz CT molecular complexity index is 684. The van der Waals surface area contributed by atoms with Crippen LogP contribution in [0.25, 0.3) is 0 Å². The molecule has 0 spiro atoms. The number of hydrogen-bond acceptors (Lipinski definition) is 3. The highest BCUT2D eigenvalue weighted by Gasteiger charge is 2.15. The maximum absolute atomic E-state index is 13.6. The molecule has 0 saturated carbocycles. The third-order valence-corrected chi connectivity index (χ3v) is 2.98. The SMILES string of the molecule is COc1ccc(C(=O)Nc2c(F)cc(F)cc2Cl)cc1O. The van der Waals surface area contributed by atoms with E-state index in [0.29, 0.717) is 6.07 Å². The molecule has 110 valence electrons. The molecule has 21 heavy (non-hydrogen) atoms. The summed E-state index contributed by atoms with van der Waals surface area (Å²) in [4.78, 5) is 12.0. The number of halogens is 3. The van der Waals surface area contributed by atoms with Gasteiger partial charge in [0.15, 0.2) is 17.3 Å². The predicted octanol–water partition coefficient (Wildman–Crippen LogP) is 3.58. The minimum atomic E-state index is -0.994. The number of phenolic OH excluding ortho intramolecular Hbond substituents is 1. The van der Waals surface area contributed by atoms with E-state index >= 15 is 0 Å². The molecule has 2 N–H and O–H groups in total. The number of carbonyl (C=O) groups is 1. The van der Waals surface area contributed by atoms with Crippen LogP contribution >= 0.6 is 11.6 Å². The number of amides is 1. The average Bonchev–Trinajstić information content (AvgIpc) is 2.42. The average molecular weight is 314 g/mol. The Hall–Kier alpha value is -2.34. The Morgan fingerprint density at radius 3 is 2.57 bits per heavy atom. The van der Waals surface area contributed by atoms with Gasteiger partial charge in [-0.3, -0.25) is 4.79 Å². The molecule has 0 fully saturated rings. The van der Waals surface area contributed by atoms with E-state index < -0.39 is 17.5 Å². The fourth-order valence-electron chi connectivity index (χ4n) is 1.68. The first-order chi connectivity index (χ1) is 9.92. The van der Waals surface area contributed by atoms with Crippen molar-refractivity contribution < 1.29 is 23.4 Å². The quantitative estimate of drug-likeness (QED) is 0.910. The molecule has 2 aromatic carbocycles. The highest BCUT2D eigenvalue weighted by Crippen LogP contribution is 2.29. The zero-order valence-corrected chi connectivity index (χ0v) is 11.5. The van der Waals surface area contributed by atoms with Crippen molar-refractivity contribution in [3.05, 3.63) is 52.6 Å². The topological polar surface area (TPSA) is 58.6 Å². The van der Waals surface area contributed by atoms with Gasteiger partial charge in [-0.1, -0.05) is 11.6 Å². The van der Waals surface area contributed by atoms with Gasteiger partial charge in [0, 0.05) is 11.6 Å². The highest BCUT2D eigenvalue weighted by atomic mass is 35.5. The Labute approximate surface area is 123 Å². The summed E-state index contributed by atoms with van der Waals surface area (Å²) in [5.74, 6) is -2.60. The van der Waals surface area contributed by atoms with Crippen molar-refractivity contribution in [2.75, 3.05) is 12.4 Å². The first-order valence-corrected chi connectivity index (χ1v) is 6.13. The van der Waals surface area contributed by atoms with Gasteiger partial charge in [0.05, 0.1) is 17.8 Å². The van der Waals surface area contributed by atoms with Gasteiger partial charge in [-0.15, -0.1) is 0 Å². The summed E-state index contributed by atoms with van der Waals surface area (Å²) in [6.45, 7) is 0. The molecule has 0 aliphatic heterocycles. The van der Waals surface area contributed by atoms with Gasteiger partial charge in [0.25, 0.3) is 5.91 Å². The summed E-state index contributed by atoms with van der Waals surface area (Å²) in [6.07, 6.45) is 0. The number of hydrogen-bond donors (Lipinski definition) is 2. The van der Waals surface area contributed by atoms with Crippen molar-refractivity contribution in [3.8, 4) is 11.5 Å². The molecule has 7 heteroatoms. The van der Waals surface area contributed by atoms with Crippen molar-refractivity contribution in [2.24, 2.45) is 0 Å². The lowest BCUT2D eigenvalue weighted by Gasteiger charge is -2.10. The van der Waals surface area contributed by atoms with Crippen LogP contribution in [0.5, 0.6) is 11.5 Å². The molecule has 4 nitrogen and oxygen atoms in total. The lowest BCUT2D eigenvalue weighted by Crippen LogP contribution is -2.13. The molecular formula is C14H10ClF2NO3. The van der Waals surface area contributed by atoms with Gasteiger partial charge in [0.2, 0.25) is 0 Å². The smallest absolute Gasteiger partial charge is 0.255 e. The van der Waals surface area contributed by atoms with Crippen molar-refractivity contribution in [1.82, 2.24) is 0 Å². The van der Waals surface area contributed by atoms with Gasteiger partial charge >= 0.3 is 0 Å². The molecule has 0 aliphatic rings. The second kappa shape index (κ2) is 5.97. The second-order valence-corrected chi connectivity index (χ2v) is 4.49. The number of rotatable bonds is 3. The van der Waals surface area contributed by atoms with E-state index in [-0.39, 0.29) is 27.8 Å². The molecule has 0 radical (unpaired) electrons. The summed E-state index contributed by atoms with van der Waals surface area (Å²) in [5, 5.41) is 11.6. The fraction of sp³-hybridized carbons (Fsp3) is 0.0714. The third kappa shape index (κ3) is 3.22. The molecule has 0 unspecified atom stereocenters. The summed E-state index contributed by atoms with van der Waals surface area (Å²) >= 11 is 5.68. The zero-order chi connectivity index (χ0) is 15.6.